The Bertz CT molecular complexity index is 887. The Morgan fingerprint density at radius 1 is 1.23 bits per heavy atom. The number of benzene rings is 1. The van der Waals surface area contributed by atoms with Crippen LogP contribution in [0.2, 0.25) is 5.02 Å². The van der Waals surface area contributed by atoms with Gasteiger partial charge in [-0.25, -0.2) is 4.79 Å². The number of pyridine rings is 1. The Morgan fingerprint density at radius 3 is 2.61 bits per heavy atom. The quantitative estimate of drug-likeness (QED) is 0.677. The number of urea groups is 1. The number of aromatic nitrogens is 1. The van der Waals surface area contributed by atoms with Gasteiger partial charge in [0.25, 0.3) is 0 Å². The van der Waals surface area contributed by atoms with Gasteiger partial charge in [0, 0.05) is 55.1 Å². The smallest absolute Gasteiger partial charge is 0.319 e. The predicted octanol–water partition coefficient (Wildman–Crippen LogP) is 3.90. The molecule has 1 aromatic heterocycles. The van der Waals surface area contributed by atoms with Crippen molar-refractivity contribution in [2.45, 2.75) is 36.8 Å². The number of halogens is 1. The topological polar surface area (TPSA) is 75.7 Å². The van der Waals surface area contributed by atoms with Gasteiger partial charge in [-0.2, -0.15) is 0 Å². The fourth-order valence-corrected chi connectivity index (χ4v) is 4.34. The first kappa shape index (κ1) is 21.9. The molecule has 8 heteroatoms. The van der Waals surface area contributed by atoms with E-state index in [4.69, 9.17) is 21.1 Å². The van der Waals surface area contributed by atoms with E-state index in [1.807, 2.05) is 12.1 Å². The van der Waals surface area contributed by atoms with Crippen molar-refractivity contribution in [3.05, 3.63) is 53.3 Å². The van der Waals surface area contributed by atoms with Gasteiger partial charge < -0.3 is 20.1 Å². The summed E-state index contributed by atoms with van der Waals surface area (Å²) in [6.45, 7) is 2.64. The first-order chi connectivity index (χ1) is 15.0. The van der Waals surface area contributed by atoms with Gasteiger partial charge in [-0.05, 0) is 55.7 Å². The van der Waals surface area contributed by atoms with Crippen LogP contribution >= 0.6 is 11.6 Å². The van der Waals surface area contributed by atoms with Crippen LogP contribution in [0.15, 0.2) is 42.6 Å². The van der Waals surface area contributed by atoms with Crippen LogP contribution < -0.4 is 15.4 Å². The average Bonchev–Trinajstić information content (AvgIpc) is 3.56. The van der Waals surface area contributed by atoms with Crippen LogP contribution in [0.3, 0.4) is 0 Å². The molecule has 0 spiro atoms. The summed E-state index contributed by atoms with van der Waals surface area (Å²) in [5.74, 6) is 0.793. The van der Waals surface area contributed by atoms with Gasteiger partial charge in [0.1, 0.15) is 5.75 Å². The van der Waals surface area contributed by atoms with Crippen molar-refractivity contribution >= 4 is 23.3 Å². The van der Waals surface area contributed by atoms with E-state index in [2.05, 4.69) is 20.5 Å². The molecular formula is C23H29ClN4O3. The second-order valence-corrected chi connectivity index (χ2v) is 8.79. The molecule has 31 heavy (non-hydrogen) atoms. The highest BCUT2D eigenvalue weighted by Gasteiger charge is 2.45. The van der Waals surface area contributed by atoms with Gasteiger partial charge in [-0.1, -0.05) is 11.6 Å². The number of hydrogen-bond donors (Lipinski definition) is 2. The van der Waals surface area contributed by atoms with Crippen LogP contribution in [0, 0.1) is 0 Å². The molecule has 2 atom stereocenters. The zero-order valence-corrected chi connectivity index (χ0v) is 18.7. The zero-order chi connectivity index (χ0) is 21.8. The highest BCUT2D eigenvalue weighted by atomic mass is 35.5. The molecular weight excluding hydrogens is 416 g/mol. The number of ether oxygens (including phenoxy) is 2. The third-order valence-electron chi connectivity index (χ3n) is 6.24. The SMILES string of the molecule is COc1ccc([C@@H]2CN(CC3(OC)CC3)CC[C@H]2NC(=O)Nc2ccc(Cl)cc2)nc1. The number of piperidine rings is 1. The van der Waals surface area contributed by atoms with E-state index in [1.165, 1.54) is 0 Å². The molecule has 0 unspecified atom stereocenters. The third kappa shape index (κ3) is 5.47. The molecule has 2 aromatic rings. The van der Waals surface area contributed by atoms with Crippen LogP contribution in [0.25, 0.3) is 0 Å². The van der Waals surface area contributed by atoms with Crippen molar-refractivity contribution < 1.29 is 14.3 Å². The molecule has 2 fully saturated rings. The van der Waals surface area contributed by atoms with Crippen molar-refractivity contribution in [2.75, 3.05) is 39.2 Å². The lowest BCUT2D eigenvalue weighted by atomic mass is 9.88. The second-order valence-electron chi connectivity index (χ2n) is 8.35. The molecule has 7 nitrogen and oxygen atoms in total. The highest BCUT2D eigenvalue weighted by Crippen LogP contribution is 2.40. The van der Waals surface area contributed by atoms with Crippen LogP contribution in [-0.4, -0.2) is 61.4 Å². The summed E-state index contributed by atoms with van der Waals surface area (Å²) >= 11 is 5.93. The molecule has 1 saturated carbocycles. The van der Waals surface area contributed by atoms with Crippen molar-refractivity contribution in [1.82, 2.24) is 15.2 Å². The van der Waals surface area contributed by atoms with E-state index >= 15 is 0 Å². The van der Waals surface area contributed by atoms with Gasteiger partial charge in [0.15, 0.2) is 0 Å². The summed E-state index contributed by atoms with van der Waals surface area (Å²) in [4.78, 5) is 19.7. The molecule has 1 aliphatic carbocycles. The number of rotatable bonds is 7. The molecule has 0 bridgehead atoms. The average molecular weight is 445 g/mol. The lowest BCUT2D eigenvalue weighted by Gasteiger charge is -2.40. The van der Waals surface area contributed by atoms with Crippen LogP contribution in [0.4, 0.5) is 10.5 Å². The molecule has 2 aliphatic rings. The van der Waals surface area contributed by atoms with Gasteiger partial charge in [-0.3, -0.25) is 9.88 Å². The molecule has 0 radical (unpaired) electrons. The third-order valence-corrected chi connectivity index (χ3v) is 6.49. The number of carbonyl (C=O) groups excluding carboxylic acids is 1. The first-order valence-electron chi connectivity index (χ1n) is 10.6. The number of nitrogens with one attached hydrogen (secondary N) is 2. The van der Waals surface area contributed by atoms with E-state index in [9.17, 15) is 4.79 Å². The lowest BCUT2D eigenvalue weighted by molar-refractivity contribution is 0.0314. The van der Waals surface area contributed by atoms with Crippen molar-refractivity contribution in [3.8, 4) is 5.75 Å². The molecule has 2 N–H and O–H groups in total. The molecule has 2 amide bonds. The second kappa shape index (κ2) is 9.42. The Balaban J connectivity index is 1.46. The monoisotopic (exact) mass is 444 g/mol. The minimum Gasteiger partial charge on any atom is -0.495 e. The largest absolute Gasteiger partial charge is 0.495 e. The van der Waals surface area contributed by atoms with E-state index in [0.717, 1.165) is 50.3 Å². The molecule has 2 heterocycles. The summed E-state index contributed by atoms with van der Waals surface area (Å²) in [5.41, 5.74) is 1.66. The van der Waals surface area contributed by atoms with Gasteiger partial charge >= 0.3 is 6.03 Å². The number of nitrogens with zero attached hydrogens (tertiary/aromatic N) is 2. The maximum atomic E-state index is 12.7. The first-order valence-corrected chi connectivity index (χ1v) is 11.0. The zero-order valence-electron chi connectivity index (χ0n) is 17.9. The number of hydrogen-bond acceptors (Lipinski definition) is 5. The van der Waals surface area contributed by atoms with Gasteiger partial charge in [-0.15, -0.1) is 0 Å². The standard InChI is InChI=1S/C23H29ClN4O3/c1-30-18-7-8-20(25-13-18)19-14-28(15-23(31-2)10-11-23)12-9-21(19)27-22(29)26-17-5-3-16(24)4-6-17/h3-8,13,19,21H,9-12,14-15H2,1-2H3,(H2,26,27,29)/t19-,21+/m0/s1. The van der Waals surface area contributed by atoms with E-state index < -0.39 is 0 Å². The highest BCUT2D eigenvalue weighted by molar-refractivity contribution is 6.30. The summed E-state index contributed by atoms with van der Waals surface area (Å²) in [6.07, 6.45) is 4.79. The Labute approximate surface area is 188 Å². The van der Waals surface area contributed by atoms with Crippen LogP contribution in [0.1, 0.15) is 30.9 Å². The molecule has 1 aliphatic heterocycles. The van der Waals surface area contributed by atoms with Crippen molar-refractivity contribution in [2.24, 2.45) is 0 Å². The minimum atomic E-state index is -0.227. The lowest BCUT2D eigenvalue weighted by Crippen LogP contribution is -2.52. The minimum absolute atomic E-state index is 0.00408. The summed E-state index contributed by atoms with van der Waals surface area (Å²) in [7, 11) is 3.43. The van der Waals surface area contributed by atoms with E-state index in [1.54, 1.807) is 44.7 Å². The van der Waals surface area contributed by atoms with E-state index in [-0.39, 0.29) is 23.6 Å². The number of anilines is 1. The Hall–Kier alpha value is -2.35. The number of carbonyl (C=O) groups is 1. The molecule has 1 aromatic carbocycles. The van der Waals surface area contributed by atoms with Gasteiger partial charge in [0.2, 0.25) is 0 Å². The molecule has 1 saturated heterocycles. The maximum Gasteiger partial charge on any atom is 0.319 e. The van der Waals surface area contributed by atoms with Crippen LogP contribution in [0.5, 0.6) is 5.75 Å². The normalized spacial score (nSPS) is 22.5. The summed E-state index contributed by atoms with van der Waals surface area (Å²) in [5, 5.41) is 6.69. The maximum absolute atomic E-state index is 12.7. The van der Waals surface area contributed by atoms with Gasteiger partial charge in [0.05, 0.1) is 18.9 Å². The number of amides is 2. The Morgan fingerprint density at radius 2 is 2.00 bits per heavy atom. The Kier molecular flexibility index (Phi) is 6.65. The fraction of sp³-hybridized carbons (Fsp3) is 0.478. The van der Waals surface area contributed by atoms with Crippen LogP contribution in [-0.2, 0) is 4.74 Å². The summed E-state index contributed by atoms with van der Waals surface area (Å²) < 4.78 is 11.0. The van der Waals surface area contributed by atoms with Crippen molar-refractivity contribution in [3.63, 3.8) is 0 Å². The number of likely N-dealkylation sites (tertiary alicyclic amines) is 1. The fourth-order valence-electron chi connectivity index (χ4n) is 4.21. The molecule has 4 rings (SSSR count). The predicted molar refractivity (Wildman–Crippen MR) is 121 cm³/mol. The summed E-state index contributed by atoms with van der Waals surface area (Å²) in [6, 6.07) is 10.7. The van der Waals surface area contributed by atoms with E-state index in [0.29, 0.717) is 10.7 Å². The van der Waals surface area contributed by atoms with Crippen molar-refractivity contribution in [1.29, 1.82) is 0 Å². The molecule has 166 valence electrons. The number of methoxy groups -OCH3 is 2.